The third-order valence-electron chi connectivity index (χ3n) is 3.43. The maximum absolute atomic E-state index is 11.1. The van der Waals surface area contributed by atoms with Gasteiger partial charge in [-0.25, -0.2) is 4.79 Å². The Kier molecular flexibility index (Phi) is 4.48. The van der Waals surface area contributed by atoms with Crippen molar-refractivity contribution >= 4 is 17.6 Å². The summed E-state index contributed by atoms with van der Waals surface area (Å²) < 4.78 is 5.58. The van der Waals surface area contributed by atoms with Gasteiger partial charge in [0.25, 0.3) is 0 Å². The van der Waals surface area contributed by atoms with Crippen LogP contribution < -0.4 is 4.74 Å². The van der Waals surface area contributed by atoms with Gasteiger partial charge in [-0.15, -0.1) is 0 Å². The number of carbonyl (C=O) groups is 1. The van der Waals surface area contributed by atoms with E-state index in [0.717, 1.165) is 12.3 Å². The number of halogens is 1. The molecule has 1 N–H and O–H groups in total. The summed E-state index contributed by atoms with van der Waals surface area (Å²) in [5.41, 5.74) is 0.133. The first-order chi connectivity index (χ1) is 8.66. The van der Waals surface area contributed by atoms with Gasteiger partial charge in [-0.2, -0.15) is 0 Å². The van der Waals surface area contributed by atoms with Crippen LogP contribution in [0.4, 0.5) is 0 Å². The molecule has 1 aromatic carbocycles. The minimum atomic E-state index is -1.01. The van der Waals surface area contributed by atoms with Crippen molar-refractivity contribution in [2.75, 3.05) is 6.61 Å². The van der Waals surface area contributed by atoms with Gasteiger partial charge in [0, 0.05) is 5.02 Å². The van der Waals surface area contributed by atoms with Crippen LogP contribution in [0, 0.1) is 5.92 Å². The summed E-state index contributed by atoms with van der Waals surface area (Å²) >= 11 is 5.78. The molecule has 1 aliphatic rings. The highest BCUT2D eigenvalue weighted by Crippen LogP contribution is 2.28. The molecule has 0 unspecified atom stereocenters. The third kappa shape index (κ3) is 3.39. The SMILES string of the molecule is O=C(O)c1cc(Cl)ccc1OCCC1CCCC1. The summed E-state index contributed by atoms with van der Waals surface area (Å²) in [6.45, 7) is 0.576. The number of ether oxygens (including phenoxy) is 1. The first kappa shape index (κ1) is 13.2. The molecule has 3 nitrogen and oxygen atoms in total. The Bertz CT molecular complexity index is 425. The van der Waals surface area contributed by atoms with E-state index in [1.165, 1.54) is 31.7 Å². The van der Waals surface area contributed by atoms with Gasteiger partial charge in [0.15, 0.2) is 0 Å². The number of carboxylic acid groups (broad SMARTS) is 1. The van der Waals surface area contributed by atoms with Crippen LogP contribution in [-0.2, 0) is 0 Å². The molecule has 1 aliphatic carbocycles. The molecule has 0 saturated heterocycles. The van der Waals surface area contributed by atoms with Crippen molar-refractivity contribution in [2.24, 2.45) is 5.92 Å². The highest BCUT2D eigenvalue weighted by Gasteiger charge is 2.16. The molecule has 98 valence electrons. The summed E-state index contributed by atoms with van der Waals surface area (Å²) in [7, 11) is 0. The molecule has 0 bridgehead atoms. The van der Waals surface area contributed by atoms with E-state index in [1.807, 2.05) is 0 Å². The van der Waals surface area contributed by atoms with Crippen molar-refractivity contribution in [3.8, 4) is 5.75 Å². The zero-order valence-corrected chi connectivity index (χ0v) is 10.9. The highest BCUT2D eigenvalue weighted by atomic mass is 35.5. The maximum Gasteiger partial charge on any atom is 0.339 e. The minimum absolute atomic E-state index is 0.133. The molecule has 0 atom stereocenters. The average molecular weight is 269 g/mol. The first-order valence-electron chi connectivity index (χ1n) is 6.32. The van der Waals surface area contributed by atoms with E-state index in [9.17, 15) is 4.79 Å². The number of hydrogen-bond donors (Lipinski definition) is 1. The first-order valence-corrected chi connectivity index (χ1v) is 6.70. The van der Waals surface area contributed by atoms with E-state index in [-0.39, 0.29) is 5.56 Å². The van der Waals surface area contributed by atoms with Crippen LogP contribution in [0.5, 0.6) is 5.75 Å². The third-order valence-corrected chi connectivity index (χ3v) is 3.67. The molecule has 0 amide bonds. The Hall–Kier alpha value is -1.22. The summed E-state index contributed by atoms with van der Waals surface area (Å²) in [4.78, 5) is 11.1. The lowest BCUT2D eigenvalue weighted by Crippen LogP contribution is -2.07. The maximum atomic E-state index is 11.1. The number of hydrogen-bond acceptors (Lipinski definition) is 2. The second-order valence-electron chi connectivity index (χ2n) is 4.73. The molecule has 18 heavy (non-hydrogen) atoms. The van der Waals surface area contributed by atoms with E-state index < -0.39 is 5.97 Å². The standard InChI is InChI=1S/C14H17ClO3/c15-11-5-6-13(12(9-11)14(16)17)18-8-7-10-3-1-2-4-10/h5-6,9-10H,1-4,7-8H2,(H,16,17). The van der Waals surface area contributed by atoms with E-state index >= 15 is 0 Å². The van der Waals surface area contributed by atoms with Gasteiger partial charge in [0.05, 0.1) is 6.61 Å². The topological polar surface area (TPSA) is 46.5 Å². The van der Waals surface area contributed by atoms with Crippen LogP contribution in [0.3, 0.4) is 0 Å². The predicted molar refractivity (Wildman–Crippen MR) is 70.5 cm³/mol. The molecule has 2 rings (SSSR count). The fraction of sp³-hybridized carbons (Fsp3) is 0.500. The van der Waals surface area contributed by atoms with Gasteiger partial charge >= 0.3 is 5.97 Å². The molecule has 0 spiro atoms. The molecule has 1 aromatic rings. The van der Waals surface area contributed by atoms with Crippen LogP contribution in [0.15, 0.2) is 18.2 Å². The second kappa shape index (κ2) is 6.10. The van der Waals surface area contributed by atoms with Gasteiger partial charge in [-0.1, -0.05) is 37.3 Å². The number of benzene rings is 1. The van der Waals surface area contributed by atoms with Gasteiger partial charge in [-0.05, 0) is 30.5 Å². The highest BCUT2D eigenvalue weighted by molar-refractivity contribution is 6.31. The van der Waals surface area contributed by atoms with E-state index in [0.29, 0.717) is 17.4 Å². The van der Waals surface area contributed by atoms with E-state index in [4.69, 9.17) is 21.4 Å². The zero-order chi connectivity index (χ0) is 13.0. The number of carboxylic acids is 1. The second-order valence-corrected chi connectivity index (χ2v) is 5.17. The molecule has 1 saturated carbocycles. The summed E-state index contributed by atoms with van der Waals surface area (Å²) in [6.07, 6.45) is 6.17. The fourth-order valence-electron chi connectivity index (χ4n) is 2.43. The zero-order valence-electron chi connectivity index (χ0n) is 10.2. The van der Waals surface area contributed by atoms with Crippen LogP contribution in [-0.4, -0.2) is 17.7 Å². The Balaban J connectivity index is 1.93. The van der Waals surface area contributed by atoms with Crippen molar-refractivity contribution in [2.45, 2.75) is 32.1 Å². The fourth-order valence-corrected chi connectivity index (χ4v) is 2.60. The summed E-state index contributed by atoms with van der Waals surface area (Å²) in [6, 6.07) is 4.70. The van der Waals surface area contributed by atoms with Gasteiger partial charge in [-0.3, -0.25) is 0 Å². The Morgan fingerprint density at radius 2 is 2.11 bits per heavy atom. The van der Waals surface area contributed by atoms with E-state index in [1.54, 1.807) is 12.1 Å². The smallest absolute Gasteiger partial charge is 0.339 e. The summed E-state index contributed by atoms with van der Waals surface area (Å²) in [5, 5.41) is 9.47. The van der Waals surface area contributed by atoms with Crippen molar-refractivity contribution in [3.05, 3.63) is 28.8 Å². The lowest BCUT2D eigenvalue weighted by molar-refractivity contribution is 0.0692. The molecule has 4 heteroatoms. The molecule has 0 heterocycles. The molecule has 0 aliphatic heterocycles. The minimum Gasteiger partial charge on any atom is -0.493 e. The van der Waals surface area contributed by atoms with Gasteiger partial charge < -0.3 is 9.84 Å². The van der Waals surface area contributed by atoms with Crippen LogP contribution in [0.2, 0.25) is 5.02 Å². The Morgan fingerprint density at radius 1 is 1.39 bits per heavy atom. The predicted octanol–water partition coefficient (Wildman–Crippen LogP) is 4.00. The van der Waals surface area contributed by atoms with Gasteiger partial charge in [0.2, 0.25) is 0 Å². The van der Waals surface area contributed by atoms with Crippen LogP contribution >= 0.6 is 11.6 Å². The molecular formula is C14H17ClO3. The van der Waals surface area contributed by atoms with Gasteiger partial charge in [0.1, 0.15) is 11.3 Å². The Labute approximate surface area is 112 Å². The quantitative estimate of drug-likeness (QED) is 0.878. The van der Waals surface area contributed by atoms with Crippen molar-refractivity contribution in [1.29, 1.82) is 0 Å². The molecular weight excluding hydrogens is 252 g/mol. The lowest BCUT2D eigenvalue weighted by Gasteiger charge is -2.12. The average Bonchev–Trinajstić information content (AvgIpc) is 2.84. The van der Waals surface area contributed by atoms with Crippen molar-refractivity contribution in [1.82, 2.24) is 0 Å². The largest absolute Gasteiger partial charge is 0.493 e. The normalized spacial score (nSPS) is 15.8. The molecule has 0 aromatic heterocycles. The number of rotatable bonds is 5. The molecule has 1 fully saturated rings. The Morgan fingerprint density at radius 3 is 2.78 bits per heavy atom. The summed E-state index contributed by atoms with van der Waals surface area (Å²) in [5.74, 6) is 0.142. The molecule has 0 radical (unpaired) electrons. The van der Waals surface area contributed by atoms with Crippen molar-refractivity contribution in [3.63, 3.8) is 0 Å². The lowest BCUT2D eigenvalue weighted by atomic mass is 10.1. The monoisotopic (exact) mass is 268 g/mol. The number of aromatic carboxylic acids is 1. The van der Waals surface area contributed by atoms with Crippen LogP contribution in [0.1, 0.15) is 42.5 Å². The van der Waals surface area contributed by atoms with Crippen molar-refractivity contribution < 1.29 is 14.6 Å². The van der Waals surface area contributed by atoms with Crippen LogP contribution in [0.25, 0.3) is 0 Å². The van der Waals surface area contributed by atoms with E-state index in [2.05, 4.69) is 0 Å².